The first-order valence-electron chi connectivity index (χ1n) is 4.15. The number of alkyl halides is 1. The number of carbonyl (C=O) groups is 1. The summed E-state index contributed by atoms with van der Waals surface area (Å²) in [5.41, 5.74) is 0.552. The quantitative estimate of drug-likeness (QED) is 0.617. The third-order valence-electron chi connectivity index (χ3n) is 1.75. The zero-order chi connectivity index (χ0) is 11.3. The first-order valence-corrected chi connectivity index (χ1v) is 4.68. The lowest BCUT2D eigenvalue weighted by Crippen LogP contribution is -2.00. The van der Waals surface area contributed by atoms with Crippen LogP contribution >= 0.6 is 11.6 Å². The molecule has 0 saturated carbocycles. The number of carboxylic acids is 1. The standard InChI is InChI=1S/C11H9ClO3/c1-15-9-5-4-8(3-2-6-12)10(7-9)11(13)14/h4-5,7H,6H2,1H3,(H,13,14). The van der Waals surface area contributed by atoms with Gasteiger partial charge >= 0.3 is 5.97 Å². The van der Waals surface area contributed by atoms with Crippen LogP contribution in [0.15, 0.2) is 18.2 Å². The maximum Gasteiger partial charge on any atom is 0.337 e. The molecule has 0 aromatic heterocycles. The van der Waals surface area contributed by atoms with Crippen molar-refractivity contribution in [2.75, 3.05) is 13.0 Å². The zero-order valence-electron chi connectivity index (χ0n) is 8.08. The molecule has 0 atom stereocenters. The third kappa shape index (κ3) is 2.90. The van der Waals surface area contributed by atoms with E-state index in [1.165, 1.54) is 13.2 Å². The van der Waals surface area contributed by atoms with Crippen LogP contribution in [0.5, 0.6) is 5.75 Å². The molecule has 1 N–H and O–H groups in total. The molecular weight excluding hydrogens is 216 g/mol. The zero-order valence-corrected chi connectivity index (χ0v) is 8.84. The molecule has 0 bridgehead atoms. The normalized spacial score (nSPS) is 8.93. The summed E-state index contributed by atoms with van der Waals surface area (Å²) < 4.78 is 4.93. The number of hydrogen-bond donors (Lipinski definition) is 1. The van der Waals surface area contributed by atoms with Crippen molar-refractivity contribution in [1.29, 1.82) is 0 Å². The van der Waals surface area contributed by atoms with Gasteiger partial charge in [-0.3, -0.25) is 0 Å². The van der Waals surface area contributed by atoms with Gasteiger partial charge in [0.15, 0.2) is 0 Å². The number of methoxy groups -OCH3 is 1. The molecule has 0 fully saturated rings. The minimum absolute atomic E-state index is 0.118. The summed E-state index contributed by atoms with van der Waals surface area (Å²) in [7, 11) is 1.48. The van der Waals surface area contributed by atoms with E-state index in [1.54, 1.807) is 12.1 Å². The Hall–Kier alpha value is -1.66. The fraction of sp³-hybridized carbons (Fsp3) is 0.182. The van der Waals surface area contributed by atoms with Gasteiger partial charge in [-0.05, 0) is 18.2 Å². The van der Waals surface area contributed by atoms with Gasteiger partial charge in [0.25, 0.3) is 0 Å². The molecule has 0 saturated heterocycles. The van der Waals surface area contributed by atoms with Gasteiger partial charge < -0.3 is 9.84 Å². The van der Waals surface area contributed by atoms with E-state index in [2.05, 4.69) is 11.8 Å². The van der Waals surface area contributed by atoms with E-state index in [1.807, 2.05) is 0 Å². The number of rotatable bonds is 2. The largest absolute Gasteiger partial charge is 0.497 e. The molecule has 1 aromatic carbocycles. The second-order valence-electron chi connectivity index (χ2n) is 2.65. The van der Waals surface area contributed by atoms with E-state index in [4.69, 9.17) is 21.4 Å². The number of halogens is 1. The van der Waals surface area contributed by atoms with Crippen LogP contribution in [0, 0.1) is 11.8 Å². The molecule has 1 aromatic rings. The molecule has 0 heterocycles. The van der Waals surface area contributed by atoms with Gasteiger partial charge in [-0.1, -0.05) is 11.8 Å². The van der Waals surface area contributed by atoms with E-state index in [0.29, 0.717) is 11.3 Å². The van der Waals surface area contributed by atoms with Gasteiger partial charge in [0.05, 0.1) is 18.6 Å². The van der Waals surface area contributed by atoms with Crippen molar-refractivity contribution in [3.63, 3.8) is 0 Å². The third-order valence-corrected chi connectivity index (χ3v) is 1.88. The van der Waals surface area contributed by atoms with Crippen LogP contribution in [0.2, 0.25) is 0 Å². The predicted molar refractivity (Wildman–Crippen MR) is 57.6 cm³/mol. The average Bonchev–Trinajstić information content (AvgIpc) is 2.26. The molecule has 1 rings (SSSR count). The van der Waals surface area contributed by atoms with Gasteiger partial charge in [0.2, 0.25) is 0 Å². The topological polar surface area (TPSA) is 46.5 Å². The summed E-state index contributed by atoms with van der Waals surface area (Å²) in [6.45, 7) is 0. The van der Waals surface area contributed by atoms with E-state index < -0.39 is 5.97 Å². The first kappa shape index (κ1) is 11.4. The van der Waals surface area contributed by atoms with Gasteiger partial charge in [-0.25, -0.2) is 4.79 Å². The summed E-state index contributed by atoms with van der Waals surface area (Å²) in [6.07, 6.45) is 0. The lowest BCUT2D eigenvalue weighted by molar-refractivity contribution is 0.0696. The molecule has 0 aliphatic heterocycles. The highest BCUT2D eigenvalue weighted by molar-refractivity contribution is 6.19. The number of carboxylic acid groups (broad SMARTS) is 1. The molecule has 0 aliphatic rings. The Morgan fingerprint density at radius 3 is 2.87 bits per heavy atom. The van der Waals surface area contributed by atoms with Crippen molar-refractivity contribution in [2.24, 2.45) is 0 Å². The van der Waals surface area contributed by atoms with E-state index in [9.17, 15) is 4.79 Å². The highest BCUT2D eigenvalue weighted by atomic mass is 35.5. The summed E-state index contributed by atoms with van der Waals surface area (Å²) >= 11 is 5.40. The van der Waals surface area contributed by atoms with Crippen LogP contribution in [-0.4, -0.2) is 24.1 Å². The molecular formula is C11H9ClO3. The smallest absolute Gasteiger partial charge is 0.337 e. The van der Waals surface area contributed by atoms with Crippen molar-refractivity contribution >= 4 is 17.6 Å². The Morgan fingerprint density at radius 1 is 1.60 bits per heavy atom. The molecule has 78 valence electrons. The predicted octanol–water partition coefficient (Wildman–Crippen LogP) is 1.98. The molecule has 15 heavy (non-hydrogen) atoms. The van der Waals surface area contributed by atoms with Crippen molar-refractivity contribution in [2.45, 2.75) is 0 Å². The Bertz CT molecular complexity index is 429. The van der Waals surface area contributed by atoms with Gasteiger partial charge in [0.1, 0.15) is 5.75 Å². The van der Waals surface area contributed by atoms with E-state index in [0.717, 1.165) is 0 Å². The van der Waals surface area contributed by atoms with Crippen LogP contribution in [-0.2, 0) is 0 Å². The Kier molecular flexibility index (Phi) is 4.02. The first-order chi connectivity index (χ1) is 7.19. The van der Waals surface area contributed by atoms with Gasteiger partial charge in [0, 0.05) is 5.56 Å². The van der Waals surface area contributed by atoms with Gasteiger partial charge in [-0.2, -0.15) is 0 Å². The summed E-state index contributed by atoms with van der Waals surface area (Å²) in [5.74, 6) is 4.91. The highest BCUT2D eigenvalue weighted by Gasteiger charge is 2.09. The lowest BCUT2D eigenvalue weighted by atomic mass is 10.1. The van der Waals surface area contributed by atoms with Crippen LogP contribution in [0.25, 0.3) is 0 Å². The SMILES string of the molecule is COc1ccc(C#CCCl)c(C(=O)O)c1. The molecule has 0 amide bonds. The Morgan fingerprint density at radius 2 is 2.33 bits per heavy atom. The fourth-order valence-corrected chi connectivity index (χ4v) is 1.13. The summed E-state index contributed by atoms with van der Waals surface area (Å²) in [5, 5.41) is 8.93. The monoisotopic (exact) mass is 224 g/mol. The number of hydrogen-bond acceptors (Lipinski definition) is 2. The van der Waals surface area contributed by atoms with Gasteiger partial charge in [-0.15, -0.1) is 11.6 Å². The number of aromatic carboxylic acids is 1. The van der Waals surface area contributed by atoms with Crippen LogP contribution in [0.4, 0.5) is 0 Å². The second-order valence-corrected chi connectivity index (χ2v) is 2.92. The van der Waals surface area contributed by atoms with Crippen LogP contribution in [0.1, 0.15) is 15.9 Å². The Labute approximate surface area is 92.6 Å². The summed E-state index contributed by atoms with van der Waals surface area (Å²) in [4.78, 5) is 10.9. The van der Waals surface area contributed by atoms with Crippen molar-refractivity contribution < 1.29 is 14.6 Å². The average molecular weight is 225 g/mol. The molecule has 0 radical (unpaired) electrons. The fourth-order valence-electron chi connectivity index (χ4n) is 1.06. The molecule has 4 heteroatoms. The maximum atomic E-state index is 10.9. The minimum Gasteiger partial charge on any atom is -0.497 e. The van der Waals surface area contributed by atoms with E-state index >= 15 is 0 Å². The van der Waals surface area contributed by atoms with Crippen molar-refractivity contribution in [3.8, 4) is 17.6 Å². The van der Waals surface area contributed by atoms with Crippen LogP contribution < -0.4 is 4.74 Å². The number of ether oxygens (including phenoxy) is 1. The van der Waals surface area contributed by atoms with Crippen molar-refractivity contribution in [3.05, 3.63) is 29.3 Å². The Balaban J connectivity index is 3.21. The molecule has 0 unspecified atom stereocenters. The van der Waals surface area contributed by atoms with Crippen LogP contribution in [0.3, 0.4) is 0 Å². The minimum atomic E-state index is -1.03. The van der Waals surface area contributed by atoms with Crippen molar-refractivity contribution in [1.82, 2.24) is 0 Å². The molecule has 0 spiro atoms. The maximum absolute atomic E-state index is 10.9. The summed E-state index contributed by atoms with van der Waals surface area (Å²) in [6, 6.07) is 4.69. The lowest BCUT2D eigenvalue weighted by Gasteiger charge is -2.03. The second kappa shape index (κ2) is 5.28. The van der Waals surface area contributed by atoms with E-state index in [-0.39, 0.29) is 11.4 Å². The molecule has 3 nitrogen and oxygen atoms in total. The molecule has 0 aliphatic carbocycles. The highest BCUT2D eigenvalue weighted by Crippen LogP contribution is 2.17. The number of benzene rings is 1.